The number of carbonyl (C=O) groups is 1. The molecule has 0 radical (unpaired) electrons. The van der Waals surface area contributed by atoms with E-state index < -0.39 is 0 Å². The zero-order valence-electron chi connectivity index (χ0n) is 12.5. The van der Waals surface area contributed by atoms with Crippen LogP contribution in [0.25, 0.3) is 0 Å². The first-order valence-corrected chi connectivity index (χ1v) is 8.59. The van der Waals surface area contributed by atoms with Crippen LogP contribution in [0.1, 0.15) is 6.42 Å². The van der Waals surface area contributed by atoms with Gasteiger partial charge in [-0.1, -0.05) is 41.0 Å². The molecule has 0 aliphatic rings. The smallest absolute Gasteiger partial charge is 0.225 e. The van der Waals surface area contributed by atoms with Crippen molar-refractivity contribution in [1.82, 2.24) is 14.8 Å². The first-order chi connectivity index (χ1) is 11.1. The molecular formula is C14H16Cl2N4O2S. The van der Waals surface area contributed by atoms with Crippen molar-refractivity contribution in [2.24, 2.45) is 0 Å². The molecule has 1 amide bonds. The van der Waals surface area contributed by atoms with Crippen molar-refractivity contribution < 1.29 is 9.53 Å². The van der Waals surface area contributed by atoms with Gasteiger partial charge in [-0.05, 0) is 12.1 Å². The van der Waals surface area contributed by atoms with Gasteiger partial charge in [-0.3, -0.25) is 4.79 Å². The number of benzene rings is 1. The van der Waals surface area contributed by atoms with Crippen LogP contribution in [0.2, 0.25) is 10.0 Å². The summed E-state index contributed by atoms with van der Waals surface area (Å²) in [5, 5.41) is 12.2. The lowest BCUT2D eigenvalue weighted by atomic mass is 10.3. The standard InChI is InChI=1S/C14H16Cl2N4O2S/c1-22-7-6-20-9-17-19-14(20)23-8-5-12(21)18-13-10(15)3-2-4-11(13)16/h2-4,9H,5-8H2,1H3,(H,18,21). The molecule has 1 N–H and O–H groups in total. The number of amides is 1. The Labute approximate surface area is 148 Å². The Bertz CT molecular complexity index is 646. The fourth-order valence-electron chi connectivity index (χ4n) is 1.75. The van der Waals surface area contributed by atoms with E-state index in [1.807, 2.05) is 4.57 Å². The number of hydrogen-bond donors (Lipinski definition) is 1. The highest BCUT2D eigenvalue weighted by atomic mass is 35.5. The molecule has 6 nitrogen and oxygen atoms in total. The van der Waals surface area contributed by atoms with E-state index in [-0.39, 0.29) is 5.91 Å². The molecule has 0 fully saturated rings. The second-order valence-corrected chi connectivity index (χ2v) is 6.42. The van der Waals surface area contributed by atoms with Gasteiger partial charge in [0, 0.05) is 25.8 Å². The minimum absolute atomic E-state index is 0.157. The summed E-state index contributed by atoms with van der Waals surface area (Å²) < 4.78 is 6.91. The molecule has 0 atom stereocenters. The summed E-state index contributed by atoms with van der Waals surface area (Å²) in [6.45, 7) is 1.25. The lowest BCUT2D eigenvalue weighted by Gasteiger charge is -2.09. The molecule has 9 heteroatoms. The molecule has 2 aromatic rings. The van der Waals surface area contributed by atoms with Gasteiger partial charge in [0.1, 0.15) is 6.33 Å². The Hall–Kier alpha value is -1.28. The van der Waals surface area contributed by atoms with Crippen LogP contribution in [0.15, 0.2) is 29.7 Å². The maximum atomic E-state index is 12.0. The Balaban J connectivity index is 1.82. The van der Waals surface area contributed by atoms with E-state index in [2.05, 4.69) is 15.5 Å². The lowest BCUT2D eigenvalue weighted by molar-refractivity contribution is -0.115. The largest absolute Gasteiger partial charge is 0.383 e. The minimum atomic E-state index is -0.157. The zero-order chi connectivity index (χ0) is 16.7. The van der Waals surface area contributed by atoms with Gasteiger partial charge < -0.3 is 14.6 Å². The molecule has 2 rings (SSSR count). The molecule has 1 aromatic carbocycles. The molecule has 0 spiro atoms. The number of nitrogens with one attached hydrogen (secondary N) is 1. The van der Waals surface area contributed by atoms with Crippen LogP contribution in [-0.4, -0.2) is 40.1 Å². The molecule has 0 saturated heterocycles. The molecular weight excluding hydrogens is 359 g/mol. The predicted octanol–water partition coefficient (Wildman–Crippen LogP) is 3.35. The topological polar surface area (TPSA) is 69.0 Å². The molecule has 23 heavy (non-hydrogen) atoms. The highest BCUT2D eigenvalue weighted by molar-refractivity contribution is 7.99. The Morgan fingerprint density at radius 2 is 2.13 bits per heavy atom. The summed E-state index contributed by atoms with van der Waals surface area (Å²) in [7, 11) is 1.64. The predicted molar refractivity (Wildman–Crippen MR) is 92.3 cm³/mol. The van der Waals surface area contributed by atoms with E-state index in [9.17, 15) is 4.79 Å². The van der Waals surface area contributed by atoms with Crippen molar-refractivity contribution in [3.8, 4) is 0 Å². The monoisotopic (exact) mass is 374 g/mol. The van der Waals surface area contributed by atoms with Crippen molar-refractivity contribution in [3.63, 3.8) is 0 Å². The quantitative estimate of drug-likeness (QED) is 0.717. The van der Waals surface area contributed by atoms with Gasteiger partial charge in [0.15, 0.2) is 5.16 Å². The summed E-state index contributed by atoms with van der Waals surface area (Å²) in [6, 6.07) is 5.08. The Kier molecular flexibility index (Phi) is 7.16. The van der Waals surface area contributed by atoms with E-state index in [1.54, 1.807) is 31.6 Å². The maximum absolute atomic E-state index is 12.0. The fraction of sp³-hybridized carbons (Fsp3) is 0.357. The molecule has 0 aliphatic carbocycles. The normalized spacial score (nSPS) is 10.7. The number of anilines is 1. The first-order valence-electron chi connectivity index (χ1n) is 6.85. The van der Waals surface area contributed by atoms with Crippen LogP contribution in [0, 0.1) is 0 Å². The van der Waals surface area contributed by atoms with Gasteiger partial charge >= 0.3 is 0 Å². The molecule has 0 aliphatic heterocycles. The van der Waals surface area contributed by atoms with Crippen LogP contribution < -0.4 is 5.32 Å². The molecule has 0 saturated carbocycles. The number of carbonyl (C=O) groups excluding carboxylic acids is 1. The van der Waals surface area contributed by atoms with Crippen molar-refractivity contribution in [1.29, 1.82) is 0 Å². The van der Waals surface area contributed by atoms with Gasteiger partial charge in [-0.15, -0.1) is 10.2 Å². The number of nitrogens with zero attached hydrogens (tertiary/aromatic N) is 3. The number of methoxy groups -OCH3 is 1. The zero-order valence-corrected chi connectivity index (χ0v) is 14.8. The van der Waals surface area contributed by atoms with Gasteiger partial charge in [-0.25, -0.2) is 0 Å². The third-order valence-electron chi connectivity index (χ3n) is 2.90. The molecule has 1 aromatic heterocycles. The van der Waals surface area contributed by atoms with E-state index in [1.165, 1.54) is 11.8 Å². The summed E-state index contributed by atoms with van der Waals surface area (Å²) >= 11 is 13.5. The fourth-order valence-corrected chi connectivity index (χ4v) is 3.12. The molecule has 0 unspecified atom stereocenters. The Morgan fingerprint density at radius 1 is 1.39 bits per heavy atom. The summed E-state index contributed by atoms with van der Waals surface area (Å²) in [5.74, 6) is 0.412. The van der Waals surface area contributed by atoms with Crippen molar-refractivity contribution in [3.05, 3.63) is 34.6 Å². The van der Waals surface area contributed by atoms with Crippen LogP contribution >= 0.6 is 35.0 Å². The van der Waals surface area contributed by atoms with Gasteiger partial charge in [0.25, 0.3) is 0 Å². The van der Waals surface area contributed by atoms with Gasteiger partial charge in [0.2, 0.25) is 5.91 Å². The molecule has 1 heterocycles. The highest BCUT2D eigenvalue weighted by Gasteiger charge is 2.11. The lowest BCUT2D eigenvalue weighted by Crippen LogP contribution is -2.13. The number of rotatable bonds is 8. The van der Waals surface area contributed by atoms with E-state index in [4.69, 9.17) is 27.9 Å². The summed E-state index contributed by atoms with van der Waals surface area (Å²) in [4.78, 5) is 12.0. The average molecular weight is 375 g/mol. The molecule has 124 valence electrons. The van der Waals surface area contributed by atoms with Crippen molar-refractivity contribution >= 4 is 46.6 Å². The highest BCUT2D eigenvalue weighted by Crippen LogP contribution is 2.30. The van der Waals surface area contributed by atoms with Gasteiger partial charge in [0.05, 0.1) is 22.3 Å². The van der Waals surface area contributed by atoms with Crippen LogP contribution in [0.4, 0.5) is 5.69 Å². The number of para-hydroxylation sites is 1. The average Bonchev–Trinajstić information content (AvgIpc) is 2.96. The minimum Gasteiger partial charge on any atom is -0.383 e. The number of ether oxygens (including phenoxy) is 1. The van der Waals surface area contributed by atoms with E-state index >= 15 is 0 Å². The number of thioether (sulfide) groups is 1. The number of aromatic nitrogens is 3. The maximum Gasteiger partial charge on any atom is 0.225 e. The number of halogens is 2. The van der Waals surface area contributed by atoms with Crippen LogP contribution in [0.5, 0.6) is 0 Å². The van der Waals surface area contributed by atoms with Crippen molar-refractivity contribution in [2.45, 2.75) is 18.1 Å². The van der Waals surface area contributed by atoms with E-state index in [0.29, 0.717) is 41.1 Å². The third-order valence-corrected chi connectivity index (χ3v) is 4.52. The third kappa shape index (κ3) is 5.39. The first kappa shape index (κ1) is 18.1. The van der Waals surface area contributed by atoms with Crippen molar-refractivity contribution in [2.75, 3.05) is 24.8 Å². The molecule has 0 bridgehead atoms. The van der Waals surface area contributed by atoms with E-state index in [0.717, 1.165) is 5.16 Å². The van der Waals surface area contributed by atoms with Crippen LogP contribution in [0.3, 0.4) is 0 Å². The number of hydrogen-bond acceptors (Lipinski definition) is 5. The summed E-state index contributed by atoms with van der Waals surface area (Å²) in [5.41, 5.74) is 0.439. The summed E-state index contributed by atoms with van der Waals surface area (Å²) in [6.07, 6.45) is 1.95. The van der Waals surface area contributed by atoms with Gasteiger partial charge in [-0.2, -0.15) is 0 Å². The van der Waals surface area contributed by atoms with Crippen LogP contribution in [-0.2, 0) is 16.1 Å². The second-order valence-electron chi connectivity index (χ2n) is 4.54. The SMILES string of the molecule is COCCn1cnnc1SCCC(=O)Nc1c(Cl)cccc1Cl. The Morgan fingerprint density at radius 3 is 2.83 bits per heavy atom. The second kappa shape index (κ2) is 9.12.